The predicted octanol–water partition coefficient (Wildman–Crippen LogP) is 2.45. The van der Waals surface area contributed by atoms with Crippen molar-refractivity contribution in [3.63, 3.8) is 0 Å². The minimum Gasteiger partial charge on any atom is -0.308 e. The van der Waals surface area contributed by atoms with Gasteiger partial charge in [0.15, 0.2) is 0 Å². The summed E-state index contributed by atoms with van der Waals surface area (Å²) in [5, 5.41) is 10.7. The number of amides is 1. The quantitative estimate of drug-likeness (QED) is 0.435. The van der Waals surface area contributed by atoms with Crippen molar-refractivity contribution in [2.45, 2.75) is 11.3 Å². The lowest BCUT2D eigenvalue weighted by atomic mass is 10.2. The van der Waals surface area contributed by atoms with Gasteiger partial charge in [0.1, 0.15) is 0 Å². The molecule has 0 aliphatic carbocycles. The Labute approximate surface area is 162 Å². The summed E-state index contributed by atoms with van der Waals surface area (Å²) in [6, 6.07) is 10.6. The summed E-state index contributed by atoms with van der Waals surface area (Å²) in [5.41, 5.74) is 2.15. The van der Waals surface area contributed by atoms with Crippen LogP contribution in [0.15, 0.2) is 53.4 Å². The van der Waals surface area contributed by atoms with E-state index in [9.17, 15) is 23.3 Å². The highest BCUT2D eigenvalue weighted by Gasteiger charge is 2.26. The van der Waals surface area contributed by atoms with Gasteiger partial charge in [0, 0.05) is 44.5 Å². The number of nitro groups is 1. The number of non-ortho nitro benzene ring substituents is 1. The Morgan fingerprint density at radius 2 is 1.86 bits per heavy atom. The van der Waals surface area contributed by atoms with Crippen LogP contribution in [0.3, 0.4) is 0 Å². The molecule has 0 aromatic heterocycles. The fourth-order valence-corrected chi connectivity index (χ4v) is 3.90. The second-order valence-corrected chi connectivity index (χ2v) is 8.65. The van der Waals surface area contributed by atoms with Crippen molar-refractivity contribution < 1.29 is 18.1 Å². The number of sulfonamides is 1. The van der Waals surface area contributed by atoms with Crippen LogP contribution in [-0.2, 0) is 21.2 Å². The third kappa shape index (κ3) is 3.80. The van der Waals surface area contributed by atoms with Gasteiger partial charge in [0.05, 0.1) is 9.82 Å². The Hall–Kier alpha value is -3.04. The van der Waals surface area contributed by atoms with Gasteiger partial charge in [-0.1, -0.05) is 0 Å². The van der Waals surface area contributed by atoms with E-state index < -0.39 is 14.9 Å². The Kier molecular flexibility index (Phi) is 5.30. The highest BCUT2D eigenvalue weighted by Crippen LogP contribution is 2.31. The SMILES string of the molecule is CN(C)S(=O)(=O)c1ccc2c(c1)CCN2C(=O)/C=C/c1ccc([N+](=O)[O-])cc1. The van der Waals surface area contributed by atoms with Crippen molar-refractivity contribution in [2.24, 2.45) is 0 Å². The lowest BCUT2D eigenvalue weighted by Crippen LogP contribution is -2.27. The molecular formula is C19H19N3O5S. The van der Waals surface area contributed by atoms with E-state index in [0.717, 1.165) is 9.87 Å². The first-order chi connectivity index (χ1) is 13.2. The number of hydrogen-bond acceptors (Lipinski definition) is 5. The van der Waals surface area contributed by atoms with E-state index in [0.29, 0.717) is 24.2 Å². The molecule has 9 heteroatoms. The molecule has 3 rings (SSSR count). The first-order valence-electron chi connectivity index (χ1n) is 8.49. The van der Waals surface area contributed by atoms with E-state index in [1.165, 1.54) is 38.4 Å². The molecular weight excluding hydrogens is 382 g/mol. The van der Waals surface area contributed by atoms with E-state index in [4.69, 9.17) is 0 Å². The average Bonchev–Trinajstić information content (AvgIpc) is 3.09. The van der Waals surface area contributed by atoms with Crippen molar-refractivity contribution in [1.29, 1.82) is 0 Å². The molecule has 1 aliphatic rings. The van der Waals surface area contributed by atoms with Crippen molar-refractivity contribution in [2.75, 3.05) is 25.5 Å². The smallest absolute Gasteiger partial charge is 0.269 e. The molecule has 0 spiro atoms. The summed E-state index contributed by atoms with van der Waals surface area (Å²) >= 11 is 0. The number of benzene rings is 2. The summed E-state index contributed by atoms with van der Waals surface area (Å²) in [6.45, 7) is 0.463. The maximum Gasteiger partial charge on any atom is 0.269 e. The van der Waals surface area contributed by atoms with Gasteiger partial charge in [0.25, 0.3) is 11.6 Å². The van der Waals surface area contributed by atoms with Crippen LogP contribution >= 0.6 is 0 Å². The molecule has 1 amide bonds. The monoisotopic (exact) mass is 401 g/mol. The van der Waals surface area contributed by atoms with Crippen molar-refractivity contribution >= 4 is 33.4 Å². The lowest BCUT2D eigenvalue weighted by Gasteiger charge is -2.16. The van der Waals surface area contributed by atoms with Gasteiger partial charge in [-0.05, 0) is 54.0 Å². The van der Waals surface area contributed by atoms with Gasteiger partial charge in [-0.2, -0.15) is 0 Å². The second-order valence-electron chi connectivity index (χ2n) is 6.50. The maximum absolute atomic E-state index is 12.6. The normalized spacial score (nSPS) is 13.9. The molecule has 2 aromatic carbocycles. The van der Waals surface area contributed by atoms with Crippen molar-refractivity contribution in [3.8, 4) is 0 Å². The fraction of sp³-hybridized carbons (Fsp3) is 0.211. The molecule has 146 valence electrons. The first kappa shape index (κ1) is 19.7. The van der Waals surface area contributed by atoms with Crippen LogP contribution in [0.4, 0.5) is 11.4 Å². The number of nitrogens with zero attached hydrogens (tertiary/aromatic N) is 3. The topological polar surface area (TPSA) is 101 Å². The number of rotatable bonds is 5. The van der Waals surface area contributed by atoms with Gasteiger partial charge in [-0.3, -0.25) is 14.9 Å². The second kappa shape index (κ2) is 7.53. The van der Waals surface area contributed by atoms with E-state index in [1.54, 1.807) is 35.2 Å². The zero-order valence-electron chi connectivity index (χ0n) is 15.4. The largest absolute Gasteiger partial charge is 0.308 e. The maximum atomic E-state index is 12.6. The molecule has 0 N–H and O–H groups in total. The van der Waals surface area contributed by atoms with Crippen LogP contribution in [-0.4, -0.2) is 44.2 Å². The lowest BCUT2D eigenvalue weighted by molar-refractivity contribution is -0.384. The zero-order chi connectivity index (χ0) is 20.5. The molecule has 2 aromatic rings. The number of carbonyl (C=O) groups excluding carboxylic acids is 1. The Bertz CT molecular complexity index is 1060. The Balaban J connectivity index is 1.78. The van der Waals surface area contributed by atoms with Crippen LogP contribution in [0.25, 0.3) is 6.08 Å². The number of nitro benzene ring substituents is 1. The first-order valence-corrected chi connectivity index (χ1v) is 9.93. The van der Waals surface area contributed by atoms with E-state index in [2.05, 4.69) is 0 Å². The van der Waals surface area contributed by atoms with Crippen LogP contribution in [0, 0.1) is 10.1 Å². The predicted molar refractivity (Wildman–Crippen MR) is 106 cm³/mol. The standard InChI is InChI=1S/C19H19N3O5S/c1-20(2)28(26,27)17-8-9-18-15(13-17)11-12-21(18)19(23)10-5-14-3-6-16(7-4-14)22(24)25/h3-10,13H,11-12H2,1-2H3/b10-5+. The molecule has 0 saturated carbocycles. The fourth-order valence-electron chi connectivity index (χ4n) is 2.94. The molecule has 1 heterocycles. The summed E-state index contributed by atoms with van der Waals surface area (Å²) in [5.74, 6) is -0.236. The van der Waals surface area contributed by atoms with E-state index in [-0.39, 0.29) is 16.5 Å². The van der Waals surface area contributed by atoms with E-state index in [1.807, 2.05) is 0 Å². The Morgan fingerprint density at radius 1 is 1.18 bits per heavy atom. The number of hydrogen-bond donors (Lipinski definition) is 0. The van der Waals surface area contributed by atoms with Gasteiger partial charge in [-0.25, -0.2) is 12.7 Å². The van der Waals surface area contributed by atoms with Crippen LogP contribution in [0.1, 0.15) is 11.1 Å². The van der Waals surface area contributed by atoms with Crippen LogP contribution in [0.2, 0.25) is 0 Å². The minimum atomic E-state index is -3.52. The van der Waals surface area contributed by atoms with Crippen molar-refractivity contribution in [3.05, 3.63) is 69.8 Å². The third-order valence-electron chi connectivity index (χ3n) is 4.51. The molecule has 0 unspecified atom stereocenters. The summed E-state index contributed by atoms with van der Waals surface area (Å²) in [6.07, 6.45) is 3.57. The minimum absolute atomic E-state index is 0.0135. The molecule has 0 bridgehead atoms. The molecule has 0 radical (unpaired) electrons. The van der Waals surface area contributed by atoms with Gasteiger partial charge >= 0.3 is 0 Å². The average molecular weight is 401 g/mol. The molecule has 1 aliphatic heterocycles. The molecule has 0 fully saturated rings. The highest BCUT2D eigenvalue weighted by atomic mass is 32.2. The highest BCUT2D eigenvalue weighted by molar-refractivity contribution is 7.89. The van der Waals surface area contributed by atoms with E-state index >= 15 is 0 Å². The Morgan fingerprint density at radius 3 is 2.46 bits per heavy atom. The molecule has 0 saturated heterocycles. The zero-order valence-corrected chi connectivity index (χ0v) is 16.2. The van der Waals surface area contributed by atoms with Crippen LogP contribution in [0.5, 0.6) is 0 Å². The summed E-state index contributed by atoms with van der Waals surface area (Å²) < 4.78 is 25.7. The number of fused-ring (bicyclic) bond motifs is 1. The third-order valence-corrected chi connectivity index (χ3v) is 6.32. The van der Waals surface area contributed by atoms with Gasteiger partial charge < -0.3 is 4.90 Å². The molecule has 28 heavy (non-hydrogen) atoms. The number of anilines is 1. The summed E-state index contributed by atoms with van der Waals surface area (Å²) in [4.78, 5) is 24.5. The summed E-state index contributed by atoms with van der Waals surface area (Å²) in [7, 11) is -0.577. The molecule has 8 nitrogen and oxygen atoms in total. The van der Waals surface area contributed by atoms with Gasteiger partial charge in [0.2, 0.25) is 10.0 Å². The van der Waals surface area contributed by atoms with Crippen molar-refractivity contribution in [1.82, 2.24) is 4.31 Å². The number of carbonyl (C=O) groups is 1. The molecule has 0 atom stereocenters. The van der Waals surface area contributed by atoms with Gasteiger partial charge in [-0.15, -0.1) is 0 Å². The van der Waals surface area contributed by atoms with Crippen LogP contribution < -0.4 is 4.90 Å².